The van der Waals surface area contributed by atoms with Gasteiger partial charge in [0.1, 0.15) is 0 Å². The molecule has 0 heterocycles. The highest BCUT2D eigenvalue weighted by Crippen LogP contribution is 2.17. The fraction of sp³-hybridized carbons (Fsp3) is 0.400. The number of aliphatic hydroxyl groups excluding tert-OH is 1. The zero-order valence-corrected chi connectivity index (χ0v) is 12.1. The van der Waals surface area contributed by atoms with Gasteiger partial charge in [-0.1, -0.05) is 37.6 Å². The molecule has 1 aromatic carbocycles. The average molecular weight is 282 g/mol. The van der Waals surface area contributed by atoms with Gasteiger partial charge in [-0.15, -0.1) is 0 Å². The standard InChI is InChI=1S/C15H20ClNO2/c1-15(2,9-10-18)11-17-14(19)8-5-12-3-6-13(16)7-4-12/h3-8,18H,9-11H2,1-2H3,(H,17,19)/b8-5+. The second-order valence-electron chi connectivity index (χ2n) is 5.24. The summed E-state index contributed by atoms with van der Waals surface area (Å²) in [6, 6.07) is 7.26. The molecule has 0 atom stereocenters. The molecule has 0 aromatic heterocycles. The molecule has 0 saturated heterocycles. The van der Waals surface area contributed by atoms with E-state index in [1.807, 2.05) is 26.0 Å². The molecule has 0 fully saturated rings. The van der Waals surface area contributed by atoms with Gasteiger partial charge in [-0.05, 0) is 35.6 Å². The van der Waals surface area contributed by atoms with Crippen molar-refractivity contribution in [2.45, 2.75) is 20.3 Å². The summed E-state index contributed by atoms with van der Waals surface area (Å²) in [5, 5.41) is 12.4. The molecule has 0 aliphatic rings. The molecule has 0 radical (unpaired) electrons. The first kappa shape index (κ1) is 15.7. The Bertz CT molecular complexity index is 438. The van der Waals surface area contributed by atoms with Crippen molar-refractivity contribution in [3.8, 4) is 0 Å². The number of hydrogen-bond acceptors (Lipinski definition) is 2. The minimum absolute atomic E-state index is 0.0987. The minimum atomic E-state index is -0.138. The van der Waals surface area contributed by atoms with Crippen LogP contribution >= 0.6 is 11.6 Å². The molecule has 1 amide bonds. The van der Waals surface area contributed by atoms with Crippen LogP contribution in [-0.2, 0) is 4.79 Å². The quantitative estimate of drug-likeness (QED) is 0.788. The van der Waals surface area contributed by atoms with Crippen molar-refractivity contribution in [3.05, 3.63) is 40.9 Å². The molecule has 0 aliphatic heterocycles. The van der Waals surface area contributed by atoms with Gasteiger partial charge >= 0.3 is 0 Å². The maximum absolute atomic E-state index is 11.6. The summed E-state index contributed by atoms with van der Waals surface area (Å²) in [7, 11) is 0. The van der Waals surface area contributed by atoms with E-state index in [-0.39, 0.29) is 17.9 Å². The number of carbonyl (C=O) groups excluding carboxylic acids is 1. The van der Waals surface area contributed by atoms with Crippen molar-refractivity contribution in [1.82, 2.24) is 5.32 Å². The number of hydrogen-bond donors (Lipinski definition) is 2. The molecule has 0 aliphatic carbocycles. The second-order valence-corrected chi connectivity index (χ2v) is 5.68. The fourth-order valence-electron chi connectivity index (χ4n) is 1.52. The number of halogens is 1. The fourth-order valence-corrected chi connectivity index (χ4v) is 1.65. The number of rotatable bonds is 6. The highest BCUT2D eigenvalue weighted by atomic mass is 35.5. The summed E-state index contributed by atoms with van der Waals surface area (Å²) in [6.07, 6.45) is 3.90. The Morgan fingerprint density at radius 1 is 1.37 bits per heavy atom. The van der Waals surface area contributed by atoms with E-state index in [1.54, 1.807) is 18.2 Å². The predicted molar refractivity (Wildman–Crippen MR) is 79.0 cm³/mol. The lowest BCUT2D eigenvalue weighted by atomic mass is 9.90. The van der Waals surface area contributed by atoms with Gasteiger partial charge in [0, 0.05) is 24.3 Å². The van der Waals surface area contributed by atoms with Crippen LogP contribution in [0.25, 0.3) is 6.08 Å². The van der Waals surface area contributed by atoms with E-state index in [2.05, 4.69) is 5.32 Å². The third-order valence-corrected chi connectivity index (χ3v) is 3.08. The molecule has 0 spiro atoms. The van der Waals surface area contributed by atoms with Gasteiger partial charge in [0.2, 0.25) is 5.91 Å². The summed E-state index contributed by atoms with van der Waals surface area (Å²) >= 11 is 5.78. The zero-order valence-electron chi connectivity index (χ0n) is 11.3. The summed E-state index contributed by atoms with van der Waals surface area (Å²) < 4.78 is 0. The SMILES string of the molecule is CC(C)(CCO)CNC(=O)/C=C/c1ccc(Cl)cc1. The monoisotopic (exact) mass is 281 g/mol. The van der Waals surface area contributed by atoms with Gasteiger partial charge in [0.05, 0.1) is 0 Å². The number of aliphatic hydroxyl groups is 1. The topological polar surface area (TPSA) is 49.3 Å². The van der Waals surface area contributed by atoms with Crippen molar-refractivity contribution in [3.63, 3.8) is 0 Å². The molecule has 4 heteroatoms. The van der Waals surface area contributed by atoms with E-state index in [9.17, 15) is 4.79 Å². The smallest absolute Gasteiger partial charge is 0.244 e. The van der Waals surface area contributed by atoms with E-state index in [0.717, 1.165) is 5.56 Å². The first-order valence-corrected chi connectivity index (χ1v) is 6.63. The van der Waals surface area contributed by atoms with Crippen LogP contribution < -0.4 is 5.32 Å². The predicted octanol–water partition coefficient (Wildman–Crippen LogP) is 2.88. The molecule has 1 aromatic rings. The van der Waals surface area contributed by atoms with Gasteiger partial charge in [0.15, 0.2) is 0 Å². The lowest BCUT2D eigenvalue weighted by molar-refractivity contribution is -0.116. The third kappa shape index (κ3) is 6.41. The average Bonchev–Trinajstić information content (AvgIpc) is 2.36. The number of amides is 1. The van der Waals surface area contributed by atoms with Crippen molar-refractivity contribution in [2.24, 2.45) is 5.41 Å². The van der Waals surface area contributed by atoms with Crippen LogP contribution in [0.4, 0.5) is 0 Å². The molecule has 0 saturated carbocycles. The van der Waals surface area contributed by atoms with Gasteiger partial charge < -0.3 is 10.4 Å². The molecule has 2 N–H and O–H groups in total. The van der Waals surface area contributed by atoms with Crippen molar-refractivity contribution < 1.29 is 9.90 Å². The zero-order chi connectivity index (χ0) is 14.3. The van der Waals surface area contributed by atoms with Gasteiger partial charge in [0.25, 0.3) is 0 Å². The summed E-state index contributed by atoms with van der Waals surface area (Å²) in [4.78, 5) is 11.6. The van der Waals surface area contributed by atoms with Crippen LogP contribution in [0.1, 0.15) is 25.8 Å². The van der Waals surface area contributed by atoms with E-state index < -0.39 is 0 Å². The normalized spacial score (nSPS) is 11.8. The van der Waals surface area contributed by atoms with E-state index >= 15 is 0 Å². The highest BCUT2D eigenvalue weighted by Gasteiger charge is 2.17. The molecule has 1 rings (SSSR count). The van der Waals surface area contributed by atoms with Crippen LogP contribution in [0.3, 0.4) is 0 Å². The summed E-state index contributed by atoms with van der Waals surface area (Å²) in [5.41, 5.74) is 0.826. The van der Waals surface area contributed by atoms with Crippen LogP contribution in [0, 0.1) is 5.41 Å². The lowest BCUT2D eigenvalue weighted by Crippen LogP contribution is -2.33. The van der Waals surface area contributed by atoms with E-state index in [4.69, 9.17) is 16.7 Å². The Balaban J connectivity index is 2.45. The maximum atomic E-state index is 11.6. The van der Waals surface area contributed by atoms with Crippen molar-refractivity contribution in [1.29, 1.82) is 0 Å². The summed E-state index contributed by atoms with van der Waals surface area (Å²) in [6.45, 7) is 4.68. The molecular weight excluding hydrogens is 262 g/mol. The maximum Gasteiger partial charge on any atom is 0.244 e. The Morgan fingerprint density at radius 2 is 2.00 bits per heavy atom. The van der Waals surface area contributed by atoms with Crippen molar-refractivity contribution >= 4 is 23.6 Å². The van der Waals surface area contributed by atoms with Crippen molar-refractivity contribution in [2.75, 3.05) is 13.2 Å². The van der Waals surface area contributed by atoms with E-state index in [0.29, 0.717) is 18.0 Å². The number of nitrogens with one attached hydrogen (secondary N) is 1. The number of carbonyl (C=O) groups is 1. The molecule has 104 valence electrons. The molecule has 0 bridgehead atoms. The van der Waals surface area contributed by atoms with Gasteiger partial charge in [-0.3, -0.25) is 4.79 Å². The van der Waals surface area contributed by atoms with Gasteiger partial charge in [-0.2, -0.15) is 0 Å². The molecule has 0 unspecified atom stereocenters. The summed E-state index contributed by atoms with van der Waals surface area (Å²) in [5.74, 6) is -0.138. The Morgan fingerprint density at radius 3 is 2.58 bits per heavy atom. The van der Waals surface area contributed by atoms with Crippen LogP contribution in [0.5, 0.6) is 0 Å². The van der Waals surface area contributed by atoms with Crippen LogP contribution in [0.15, 0.2) is 30.3 Å². The Kier molecular flexibility index (Phi) is 6.06. The molecule has 3 nitrogen and oxygen atoms in total. The van der Waals surface area contributed by atoms with Gasteiger partial charge in [-0.25, -0.2) is 0 Å². The van der Waals surface area contributed by atoms with E-state index in [1.165, 1.54) is 6.08 Å². The minimum Gasteiger partial charge on any atom is -0.396 e. The molecule has 19 heavy (non-hydrogen) atoms. The van der Waals surface area contributed by atoms with Crippen LogP contribution in [0.2, 0.25) is 5.02 Å². The largest absolute Gasteiger partial charge is 0.396 e. The lowest BCUT2D eigenvalue weighted by Gasteiger charge is -2.23. The third-order valence-electron chi connectivity index (χ3n) is 2.83. The van der Waals surface area contributed by atoms with Crippen LogP contribution in [-0.4, -0.2) is 24.2 Å². The first-order chi connectivity index (χ1) is 8.93. The number of benzene rings is 1. The Hall–Kier alpha value is -1.32. The highest BCUT2D eigenvalue weighted by molar-refractivity contribution is 6.30. The first-order valence-electron chi connectivity index (χ1n) is 6.25. The second kappa shape index (κ2) is 7.31. The molecular formula is C15H20ClNO2. The Labute approximate surface area is 119 Å².